The van der Waals surface area contributed by atoms with E-state index in [1.807, 2.05) is 56.4 Å². The number of nitrogens with zero attached hydrogens (tertiary/aromatic N) is 1. The van der Waals surface area contributed by atoms with E-state index in [9.17, 15) is 4.79 Å². The van der Waals surface area contributed by atoms with Gasteiger partial charge in [-0.3, -0.25) is 4.79 Å². The summed E-state index contributed by atoms with van der Waals surface area (Å²) >= 11 is 0. The number of para-hydroxylation sites is 1. The van der Waals surface area contributed by atoms with Gasteiger partial charge in [0.15, 0.2) is 0 Å². The average molecular weight is 277 g/mol. The van der Waals surface area contributed by atoms with Crippen LogP contribution in [0, 0.1) is 0 Å². The van der Waals surface area contributed by atoms with Crippen molar-refractivity contribution in [1.29, 1.82) is 0 Å². The van der Waals surface area contributed by atoms with Crippen LogP contribution in [0.5, 0.6) is 0 Å². The van der Waals surface area contributed by atoms with E-state index in [1.54, 1.807) is 4.90 Å². The van der Waals surface area contributed by atoms with E-state index in [2.05, 4.69) is 24.8 Å². The molecule has 0 radical (unpaired) electrons. The minimum absolute atomic E-state index is 0.0442. The standard InChI is InChI=1S/C19H19NO/c1-4-15(14-10-6-5-7-11-14)19(2)16-12-8-9-13-17(16)20(3)18(19)21/h4-13,15H,1H2,2-3H3. The quantitative estimate of drug-likeness (QED) is 0.779. The third kappa shape index (κ3) is 1.83. The number of hydrogen-bond acceptors (Lipinski definition) is 1. The third-order valence-electron chi connectivity index (χ3n) is 4.59. The van der Waals surface area contributed by atoms with Gasteiger partial charge in [0, 0.05) is 18.7 Å². The molecule has 1 amide bonds. The van der Waals surface area contributed by atoms with Gasteiger partial charge in [-0.05, 0) is 24.1 Å². The summed E-state index contributed by atoms with van der Waals surface area (Å²) in [5.41, 5.74) is 2.58. The molecule has 2 aromatic carbocycles. The van der Waals surface area contributed by atoms with Crippen molar-refractivity contribution in [2.75, 3.05) is 11.9 Å². The van der Waals surface area contributed by atoms with Crippen LogP contribution in [-0.2, 0) is 10.2 Å². The van der Waals surface area contributed by atoms with Crippen molar-refractivity contribution in [3.8, 4) is 0 Å². The topological polar surface area (TPSA) is 20.3 Å². The lowest BCUT2D eigenvalue weighted by atomic mass is 9.69. The first kappa shape index (κ1) is 13.6. The Bertz CT molecular complexity index is 692. The second-order valence-electron chi connectivity index (χ2n) is 5.71. The van der Waals surface area contributed by atoms with Crippen LogP contribution >= 0.6 is 0 Å². The van der Waals surface area contributed by atoms with Gasteiger partial charge in [-0.15, -0.1) is 6.58 Å². The van der Waals surface area contributed by atoms with Gasteiger partial charge in [-0.1, -0.05) is 54.6 Å². The highest BCUT2D eigenvalue weighted by Gasteiger charge is 2.50. The molecule has 1 aliphatic rings. The average Bonchev–Trinajstić information content (AvgIpc) is 2.72. The first-order valence-electron chi connectivity index (χ1n) is 7.16. The lowest BCUT2D eigenvalue weighted by molar-refractivity contribution is -0.122. The van der Waals surface area contributed by atoms with Crippen molar-refractivity contribution in [3.05, 3.63) is 78.4 Å². The molecular weight excluding hydrogens is 258 g/mol. The number of benzene rings is 2. The number of rotatable bonds is 3. The first-order valence-corrected chi connectivity index (χ1v) is 7.16. The normalized spacial score (nSPS) is 22.0. The smallest absolute Gasteiger partial charge is 0.238 e. The van der Waals surface area contributed by atoms with Crippen molar-refractivity contribution in [2.45, 2.75) is 18.3 Å². The van der Waals surface area contributed by atoms with E-state index < -0.39 is 5.41 Å². The predicted molar refractivity (Wildman–Crippen MR) is 86.6 cm³/mol. The molecule has 2 atom stereocenters. The molecule has 2 nitrogen and oxygen atoms in total. The lowest BCUT2D eigenvalue weighted by Crippen LogP contribution is -2.40. The molecule has 0 fully saturated rings. The highest BCUT2D eigenvalue weighted by molar-refractivity contribution is 6.08. The second-order valence-corrected chi connectivity index (χ2v) is 5.71. The van der Waals surface area contributed by atoms with Crippen LogP contribution in [0.3, 0.4) is 0 Å². The molecule has 0 aromatic heterocycles. The minimum Gasteiger partial charge on any atom is -0.314 e. The summed E-state index contributed by atoms with van der Waals surface area (Å²) in [4.78, 5) is 14.7. The summed E-state index contributed by atoms with van der Waals surface area (Å²) in [6.07, 6.45) is 1.89. The number of carbonyl (C=O) groups is 1. The van der Waals surface area contributed by atoms with Crippen LogP contribution in [0.15, 0.2) is 67.3 Å². The Morgan fingerprint density at radius 1 is 1.10 bits per heavy atom. The summed E-state index contributed by atoms with van der Waals surface area (Å²) in [6, 6.07) is 18.1. The van der Waals surface area contributed by atoms with Gasteiger partial charge in [0.2, 0.25) is 5.91 Å². The number of fused-ring (bicyclic) bond motifs is 1. The Labute approximate surface area is 125 Å². The largest absolute Gasteiger partial charge is 0.314 e. The molecular formula is C19H19NO. The van der Waals surface area contributed by atoms with E-state index in [0.717, 1.165) is 16.8 Å². The summed E-state index contributed by atoms with van der Waals surface area (Å²) in [6.45, 7) is 6.01. The maximum atomic E-state index is 12.9. The number of carbonyl (C=O) groups excluding carboxylic acids is 1. The number of anilines is 1. The molecule has 3 rings (SSSR count). The zero-order chi connectivity index (χ0) is 15.0. The second kappa shape index (κ2) is 4.88. The van der Waals surface area contributed by atoms with E-state index in [4.69, 9.17) is 0 Å². The third-order valence-corrected chi connectivity index (χ3v) is 4.59. The molecule has 1 aliphatic heterocycles. The molecule has 0 spiro atoms. The fourth-order valence-electron chi connectivity index (χ4n) is 3.44. The SMILES string of the molecule is C=CC(c1ccccc1)C1(C)C(=O)N(C)c2ccccc21. The van der Waals surface area contributed by atoms with Crippen LogP contribution < -0.4 is 4.90 Å². The molecule has 21 heavy (non-hydrogen) atoms. The predicted octanol–water partition coefficient (Wildman–Crippen LogP) is 3.89. The highest BCUT2D eigenvalue weighted by atomic mass is 16.2. The molecule has 2 aromatic rings. The van der Waals surface area contributed by atoms with Gasteiger partial charge in [-0.2, -0.15) is 0 Å². The van der Waals surface area contributed by atoms with Gasteiger partial charge in [-0.25, -0.2) is 0 Å². The molecule has 2 heteroatoms. The maximum absolute atomic E-state index is 12.9. The molecule has 2 unspecified atom stereocenters. The van der Waals surface area contributed by atoms with E-state index in [1.165, 1.54) is 0 Å². The van der Waals surface area contributed by atoms with Crippen LogP contribution in [-0.4, -0.2) is 13.0 Å². The van der Waals surface area contributed by atoms with E-state index in [0.29, 0.717) is 0 Å². The van der Waals surface area contributed by atoms with Crippen LogP contribution in [0.1, 0.15) is 24.0 Å². The molecule has 0 saturated carbocycles. The summed E-state index contributed by atoms with van der Waals surface area (Å²) in [5.74, 6) is 0.0785. The molecule has 0 aliphatic carbocycles. The highest BCUT2D eigenvalue weighted by Crippen LogP contribution is 2.49. The van der Waals surface area contributed by atoms with Gasteiger partial charge in [0.1, 0.15) is 0 Å². The number of likely N-dealkylation sites (N-methyl/N-ethyl adjacent to an activating group) is 1. The maximum Gasteiger partial charge on any atom is 0.238 e. The fourth-order valence-corrected chi connectivity index (χ4v) is 3.44. The van der Waals surface area contributed by atoms with Crippen molar-refractivity contribution < 1.29 is 4.79 Å². The Morgan fingerprint density at radius 3 is 2.38 bits per heavy atom. The van der Waals surface area contributed by atoms with Crippen LogP contribution in [0.2, 0.25) is 0 Å². The summed E-state index contributed by atoms with van der Waals surface area (Å²) in [7, 11) is 1.84. The van der Waals surface area contributed by atoms with Crippen LogP contribution in [0.25, 0.3) is 0 Å². The Kier molecular flexibility index (Phi) is 3.17. The van der Waals surface area contributed by atoms with Gasteiger partial charge < -0.3 is 4.90 Å². The molecule has 1 heterocycles. The van der Waals surface area contributed by atoms with Crippen molar-refractivity contribution in [2.24, 2.45) is 0 Å². The molecule has 0 N–H and O–H groups in total. The lowest BCUT2D eigenvalue weighted by Gasteiger charge is -2.31. The van der Waals surface area contributed by atoms with Crippen LogP contribution in [0.4, 0.5) is 5.69 Å². The fraction of sp³-hybridized carbons (Fsp3) is 0.211. The van der Waals surface area contributed by atoms with E-state index >= 15 is 0 Å². The molecule has 0 bridgehead atoms. The Morgan fingerprint density at radius 2 is 1.71 bits per heavy atom. The monoisotopic (exact) mass is 277 g/mol. The van der Waals surface area contributed by atoms with Crippen molar-refractivity contribution in [3.63, 3.8) is 0 Å². The molecule has 106 valence electrons. The Hall–Kier alpha value is -2.35. The van der Waals surface area contributed by atoms with Crippen molar-refractivity contribution in [1.82, 2.24) is 0 Å². The first-order chi connectivity index (χ1) is 10.1. The summed E-state index contributed by atoms with van der Waals surface area (Å²) in [5, 5.41) is 0. The molecule has 0 saturated heterocycles. The summed E-state index contributed by atoms with van der Waals surface area (Å²) < 4.78 is 0. The van der Waals surface area contributed by atoms with Gasteiger partial charge >= 0.3 is 0 Å². The van der Waals surface area contributed by atoms with Gasteiger partial charge in [0.25, 0.3) is 0 Å². The zero-order valence-corrected chi connectivity index (χ0v) is 12.4. The van der Waals surface area contributed by atoms with Crippen molar-refractivity contribution >= 4 is 11.6 Å². The Balaban J connectivity index is 2.20. The zero-order valence-electron chi connectivity index (χ0n) is 12.4. The van der Waals surface area contributed by atoms with Gasteiger partial charge in [0.05, 0.1) is 5.41 Å². The number of amides is 1. The van der Waals surface area contributed by atoms with E-state index in [-0.39, 0.29) is 11.8 Å². The number of hydrogen-bond donors (Lipinski definition) is 0. The minimum atomic E-state index is -0.603. The number of allylic oxidation sites excluding steroid dienone is 1.